The predicted octanol–water partition coefficient (Wildman–Crippen LogP) is 0.230. The lowest BCUT2D eigenvalue weighted by molar-refractivity contribution is -0.141. The van der Waals surface area contributed by atoms with Gasteiger partial charge >= 0.3 is 0 Å². The Morgan fingerprint density at radius 2 is 2.00 bits per heavy atom. The lowest BCUT2D eigenvalue weighted by atomic mass is 10.1. The molecule has 1 aliphatic carbocycles. The summed E-state index contributed by atoms with van der Waals surface area (Å²) in [4.78, 5) is 40.8. The first-order valence-corrected chi connectivity index (χ1v) is 13.2. The number of nitrogens with zero attached hydrogens (tertiary/aromatic N) is 1. The normalized spacial score (nSPS) is 24.2. The summed E-state index contributed by atoms with van der Waals surface area (Å²) in [6.07, 6.45) is 3.81. The third kappa shape index (κ3) is 8.57. The van der Waals surface area contributed by atoms with Gasteiger partial charge in [0, 0.05) is 32.7 Å². The minimum atomic E-state index is -0.817. The highest BCUT2D eigenvalue weighted by Gasteiger charge is 2.39. The second kappa shape index (κ2) is 13.9. The van der Waals surface area contributed by atoms with Crippen LogP contribution in [0.25, 0.3) is 0 Å². The summed E-state index contributed by atoms with van der Waals surface area (Å²) in [6.45, 7) is 3.01. The van der Waals surface area contributed by atoms with Crippen molar-refractivity contribution < 1.29 is 23.5 Å². The van der Waals surface area contributed by atoms with Crippen LogP contribution in [-0.4, -0.2) is 80.0 Å². The van der Waals surface area contributed by atoms with Crippen LogP contribution in [0.2, 0.25) is 0 Å². The molecule has 0 aromatic heterocycles. The minimum absolute atomic E-state index is 0.167. The van der Waals surface area contributed by atoms with Crippen LogP contribution in [0, 0.1) is 17.1 Å². The highest BCUT2D eigenvalue weighted by Crippen LogP contribution is 2.33. The summed E-state index contributed by atoms with van der Waals surface area (Å²) in [5.74, 6) is -0.891. The fourth-order valence-corrected chi connectivity index (χ4v) is 4.42. The summed E-state index contributed by atoms with van der Waals surface area (Å²) in [5, 5.41) is 18.9. The van der Waals surface area contributed by atoms with Crippen LogP contribution in [0.4, 0.5) is 4.39 Å². The van der Waals surface area contributed by atoms with Gasteiger partial charge in [-0.05, 0) is 63.0 Å². The maximum atomic E-state index is 13.9. The van der Waals surface area contributed by atoms with Crippen LogP contribution < -0.4 is 31.7 Å². The summed E-state index contributed by atoms with van der Waals surface area (Å²) in [5.41, 5.74) is 6.15. The molecule has 1 fully saturated rings. The highest BCUT2D eigenvalue weighted by atomic mass is 19.1. The monoisotopic (exact) mass is 533 g/mol. The molecule has 3 rings (SSSR count). The zero-order valence-electron chi connectivity index (χ0n) is 22.1. The number of nitrogens with one attached hydrogen (secondary N) is 5. The van der Waals surface area contributed by atoms with Crippen LogP contribution in [0.15, 0.2) is 18.2 Å². The molecule has 1 aromatic carbocycles. The fourth-order valence-electron chi connectivity index (χ4n) is 4.42. The van der Waals surface area contributed by atoms with Gasteiger partial charge in [-0.2, -0.15) is 0 Å². The summed E-state index contributed by atoms with van der Waals surface area (Å²) in [7, 11) is 1.59. The maximum Gasteiger partial charge on any atom is 0.243 e. The average Bonchev–Trinajstić information content (AvgIpc) is 3.72. The number of ether oxygens (including phenoxy) is 1. The Labute approximate surface area is 222 Å². The summed E-state index contributed by atoms with van der Waals surface area (Å²) in [6, 6.07) is 2.35. The molecule has 2 aliphatic rings. The van der Waals surface area contributed by atoms with Gasteiger partial charge in [-0.3, -0.25) is 19.8 Å². The maximum absolute atomic E-state index is 13.9. The third-order valence-corrected chi connectivity index (χ3v) is 6.96. The Bertz CT molecular complexity index is 1000. The summed E-state index contributed by atoms with van der Waals surface area (Å²) >= 11 is 0. The molecule has 1 aromatic rings. The largest absolute Gasteiger partial charge is 0.492 e. The second-order valence-electron chi connectivity index (χ2n) is 9.93. The van der Waals surface area contributed by atoms with Gasteiger partial charge in [0.1, 0.15) is 30.3 Å². The van der Waals surface area contributed by atoms with E-state index in [1.54, 1.807) is 20.0 Å². The molecule has 1 heterocycles. The van der Waals surface area contributed by atoms with Crippen LogP contribution in [0.5, 0.6) is 5.75 Å². The van der Waals surface area contributed by atoms with E-state index in [2.05, 4.69) is 21.3 Å². The molecule has 3 amide bonds. The van der Waals surface area contributed by atoms with E-state index in [0.717, 1.165) is 18.4 Å². The first-order valence-electron chi connectivity index (χ1n) is 13.2. The number of halogens is 1. The number of fused-ring (bicyclic) bond motifs is 1. The molecule has 1 saturated carbocycles. The average molecular weight is 534 g/mol. The number of aryl methyl sites for hydroxylation is 1. The Kier molecular flexibility index (Phi) is 10.7. The molecule has 210 valence electrons. The number of nitrogens with two attached hydrogens (primary N) is 1. The van der Waals surface area contributed by atoms with Gasteiger partial charge in [-0.1, -0.05) is 6.07 Å². The number of hydrogen-bond acceptors (Lipinski definition) is 6. The number of benzene rings is 1. The topological polar surface area (TPSA) is 162 Å². The third-order valence-electron chi connectivity index (χ3n) is 6.96. The highest BCUT2D eigenvalue weighted by molar-refractivity contribution is 5.93. The van der Waals surface area contributed by atoms with Crippen molar-refractivity contribution in [3.63, 3.8) is 0 Å². The Hall–Kier alpha value is -3.41. The minimum Gasteiger partial charge on any atom is -0.492 e. The van der Waals surface area contributed by atoms with Crippen LogP contribution in [0.3, 0.4) is 0 Å². The molecule has 0 unspecified atom stereocenters. The van der Waals surface area contributed by atoms with E-state index in [0.29, 0.717) is 51.1 Å². The van der Waals surface area contributed by atoms with Crippen LogP contribution in [0.1, 0.15) is 44.6 Å². The lowest BCUT2D eigenvalue weighted by Crippen LogP contribution is -2.56. The molecule has 11 nitrogen and oxygen atoms in total. The van der Waals surface area contributed by atoms with Gasteiger partial charge in [0.2, 0.25) is 17.7 Å². The molecule has 0 spiro atoms. The fraction of sp³-hybridized carbons (Fsp3) is 0.615. The number of carbonyl (C=O) groups is 3. The van der Waals surface area contributed by atoms with E-state index in [4.69, 9.17) is 15.9 Å². The standard InChI is InChI=1S/C26H40FN7O4/c1-16-23(35)33-20(6-4-12-32-26(28)29)24(36)31-11-3-5-17-9-10-19(27)15-21(17)38-14-13-30-22(18-7-8-18)25(37)34(16)2/h9-10,15-16,18,20,22,30H,3-8,11-14H2,1-2H3,(H,31,36)(H,33,35)(H4,28,29,32)/t16-,20-,22+/m1/s1. The number of rotatable bonds is 5. The summed E-state index contributed by atoms with van der Waals surface area (Å²) < 4.78 is 19.8. The van der Waals surface area contributed by atoms with Crippen LogP contribution >= 0.6 is 0 Å². The van der Waals surface area contributed by atoms with Crippen molar-refractivity contribution in [3.05, 3.63) is 29.6 Å². The molecule has 3 atom stereocenters. The Morgan fingerprint density at radius 3 is 2.71 bits per heavy atom. The van der Waals surface area contributed by atoms with Crippen molar-refractivity contribution in [2.45, 2.75) is 63.6 Å². The van der Waals surface area contributed by atoms with E-state index < -0.39 is 29.8 Å². The molecule has 12 heteroatoms. The van der Waals surface area contributed by atoms with Gasteiger partial charge in [0.25, 0.3) is 0 Å². The van der Waals surface area contributed by atoms with Crippen molar-refractivity contribution >= 4 is 23.7 Å². The Morgan fingerprint density at radius 1 is 1.24 bits per heavy atom. The van der Waals surface area contributed by atoms with Gasteiger partial charge in [0.15, 0.2) is 5.96 Å². The van der Waals surface area contributed by atoms with E-state index in [1.165, 1.54) is 17.0 Å². The van der Waals surface area contributed by atoms with Crippen molar-refractivity contribution in [2.24, 2.45) is 11.7 Å². The number of hydrogen-bond donors (Lipinski definition) is 6. The van der Waals surface area contributed by atoms with Crippen LogP contribution in [-0.2, 0) is 20.8 Å². The first-order chi connectivity index (χ1) is 18.2. The van der Waals surface area contributed by atoms with Gasteiger partial charge < -0.3 is 36.6 Å². The lowest BCUT2D eigenvalue weighted by Gasteiger charge is -2.30. The zero-order valence-corrected chi connectivity index (χ0v) is 22.1. The molecule has 0 bridgehead atoms. The smallest absolute Gasteiger partial charge is 0.243 e. The van der Waals surface area contributed by atoms with Gasteiger partial charge in [-0.25, -0.2) is 4.39 Å². The molecule has 0 saturated heterocycles. The second-order valence-corrected chi connectivity index (χ2v) is 9.93. The van der Waals surface area contributed by atoms with Crippen molar-refractivity contribution in [1.29, 1.82) is 5.41 Å². The van der Waals surface area contributed by atoms with Gasteiger partial charge in [-0.15, -0.1) is 0 Å². The van der Waals surface area contributed by atoms with E-state index in [-0.39, 0.29) is 30.3 Å². The molecule has 0 radical (unpaired) electrons. The Balaban J connectivity index is 1.77. The number of amides is 3. The quantitative estimate of drug-likeness (QED) is 0.179. The molecular weight excluding hydrogens is 493 g/mol. The molecule has 1 aliphatic heterocycles. The van der Waals surface area contributed by atoms with Gasteiger partial charge in [0.05, 0.1) is 6.04 Å². The van der Waals surface area contributed by atoms with E-state index >= 15 is 0 Å². The number of guanidine groups is 1. The van der Waals surface area contributed by atoms with Crippen molar-refractivity contribution in [2.75, 3.05) is 33.3 Å². The number of likely N-dealkylation sites (N-methyl/N-ethyl adjacent to an activating group) is 1. The predicted molar refractivity (Wildman–Crippen MR) is 141 cm³/mol. The van der Waals surface area contributed by atoms with Crippen molar-refractivity contribution in [3.8, 4) is 5.75 Å². The zero-order chi connectivity index (χ0) is 27.7. The van der Waals surface area contributed by atoms with E-state index in [1.807, 2.05) is 0 Å². The SMILES string of the molecule is C[C@@H]1C(=O)N[C@H](CCCNC(=N)N)C(=O)NCCCc2ccc(F)cc2OCCN[C@@H](C2CC2)C(=O)N1C. The van der Waals surface area contributed by atoms with E-state index in [9.17, 15) is 18.8 Å². The first kappa shape index (κ1) is 29.2. The molecule has 7 N–H and O–H groups in total. The molecular formula is C26H40FN7O4. The number of carbonyl (C=O) groups excluding carboxylic acids is 3. The van der Waals surface area contributed by atoms with Crippen molar-refractivity contribution in [1.82, 2.24) is 26.2 Å². The molecule has 38 heavy (non-hydrogen) atoms.